The second-order valence-corrected chi connectivity index (χ2v) is 7.51. The molecule has 2 N–H and O–H groups in total. The maximum absolute atomic E-state index is 12.6. The maximum atomic E-state index is 12.6. The first kappa shape index (κ1) is 19.8. The number of H-pyrrole nitrogens is 1. The molecule has 30 heavy (non-hydrogen) atoms. The third-order valence-electron chi connectivity index (χ3n) is 5.45. The van der Waals surface area contributed by atoms with E-state index in [0.717, 1.165) is 24.8 Å². The molecule has 2 aromatic carbocycles. The first-order valence-electron chi connectivity index (χ1n) is 10.1. The van der Waals surface area contributed by atoms with Gasteiger partial charge in [0.1, 0.15) is 0 Å². The quantitative estimate of drug-likeness (QED) is 0.636. The van der Waals surface area contributed by atoms with Gasteiger partial charge in [0.15, 0.2) is 6.10 Å². The van der Waals surface area contributed by atoms with Gasteiger partial charge in [0.05, 0.1) is 23.5 Å². The standard InChI is InChI=1S/C23H23N3O4/c1-14(22(28)24-19-12-6-8-15-7-2-3-9-16(15)19)30-21(27)13-20-17-10-4-5-11-18(17)23(29)26-25-20/h2-5,7,9-11,14,19H,6,8,12-13H2,1H3,(H,24,28)(H,26,29)/t14-,19-/m0/s1. The van der Waals surface area contributed by atoms with Crippen LogP contribution in [0.3, 0.4) is 0 Å². The van der Waals surface area contributed by atoms with Crippen LogP contribution in [0.25, 0.3) is 10.8 Å². The van der Waals surface area contributed by atoms with Crippen molar-refractivity contribution in [2.45, 2.75) is 44.8 Å². The molecular weight excluding hydrogens is 382 g/mol. The van der Waals surface area contributed by atoms with Gasteiger partial charge in [-0.25, -0.2) is 5.10 Å². The highest BCUT2D eigenvalue weighted by molar-refractivity contribution is 5.88. The molecule has 0 radical (unpaired) electrons. The molecule has 0 fully saturated rings. The van der Waals surface area contributed by atoms with E-state index >= 15 is 0 Å². The Labute approximate surface area is 173 Å². The van der Waals surface area contributed by atoms with E-state index in [9.17, 15) is 14.4 Å². The van der Waals surface area contributed by atoms with E-state index in [2.05, 4.69) is 21.6 Å². The Bertz CT molecular complexity index is 1150. The first-order valence-corrected chi connectivity index (χ1v) is 10.1. The molecule has 1 amide bonds. The van der Waals surface area contributed by atoms with Crippen LogP contribution in [0, 0.1) is 0 Å². The summed E-state index contributed by atoms with van der Waals surface area (Å²) in [4.78, 5) is 36.9. The number of rotatable bonds is 5. The lowest BCUT2D eigenvalue weighted by Gasteiger charge is -2.27. The molecule has 7 heteroatoms. The number of benzene rings is 2. The fraction of sp³-hybridized carbons (Fsp3) is 0.304. The van der Waals surface area contributed by atoms with E-state index in [0.29, 0.717) is 16.5 Å². The zero-order valence-corrected chi connectivity index (χ0v) is 16.7. The Morgan fingerprint density at radius 3 is 2.73 bits per heavy atom. The largest absolute Gasteiger partial charge is 0.452 e. The van der Waals surface area contributed by atoms with E-state index in [-0.39, 0.29) is 23.9 Å². The summed E-state index contributed by atoms with van der Waals surface area (Å²) < 4.78 is 5.34. The van der Waals surface area contributed by atoms with Crippen molar-refractivity contribution in [1.29, 1.82) is 0 Å². The number of hydrogen-bond acceptors (Lipinski definition) is 5. The zero-order valence-electron chi connectivity index (χ0n) is 16.7. The zero-order chi connectivity index (χ0) is 21.1. The van der Waals surface area contributed by atoms with E-state index < -0.39 is 12.1 Å². The van der Waals surface area contributed by atoms with Crippen molar-refractivity contribution in [1.82, 2.24) is 15.5 Å². The van der Waals surface area contributed by atoms with Gasteiger partial charge in [-0.1, -0.05) is 42.5 Å². The number of carbonyl (C=O) groups is 2. The SMILES string of the molecule is C[C@H](OC(=O)Cc1n[nH]c(=O)c2ccccc12)C(=O)N[C@H]1CCCc2ccccc21. The van der Waals surface area contributed by atoms with Gasteiger partial charge in [-0.2, -0.15) is 5.10 Å². The van der Waals surface area contributed by atoms with Crippen LogP contribution in [0.4, 0.5) is 0 Å². The maximum Gasteiger partial charge on any atom is 0.312 e. The van der Waals surface area contributed by atoms with Gasteiger partial charge in [-0.3, -0.25) is 14.4 Å². The van der Waals surface area contributed by atoms with Crippen molar-refractivity contribution in [3.63, 3.8) is 0 Å². The second-order valence-electron chi connectivity index (χ2n) is 7.51. The lowest BCUT2D eigenvalue weighted by molar-refractivity contribution is -0.154. The molecule has 1 heterocycles. The molecule has 0 saturated heterocycles. The fourth-order valence-electron chi connectivity index (χ4n) is 3.93. The monoisotopic (exact) mass is 405 g/mol. The predicted molar refractivity (Wildman–Crippen MR) is 112 cm³/mol. The van der Waals surface area contributed by atoms with Crippen molar-refractivity contribution in [2.75, 3.05) is 0 Å². The molecule has 0 bridgehead atoms. The summed E-state index contributed by atoms with van der Waals surface area (Å²) in [7, 11) is 0. The number of amides is 1. The molecule has 1 aliphatic rings. The normalized spacial score (nSPS) is 16.5. The molecule has 7 nitrogen and oxygen atoms in total. The number of nitrogens with zero attached hydrogens (tertiary/aromatic N) is 1. The van der Waals surface area contributed by atoms with E-state index in [1.807, 2.05) is 18.2 Å². The fourth-order valence-corrected chi connectivity index (χ4v) is 3.93. The first-order chi connectivity index (χ1) is 14.5. The van der Waals surface area contributed by atoms with E-state index in [1.54, 1.807) is 31.2 Å². The van der Waals surface area contributed by atoms with Crippen LogP contribution in [0.5, 0.6) is 0 Å². The Morgan fingerprint density at radius 1 is 1.17 bits per heavy atom. The van der Waals surface area contributed by atoms with Crippen molar-refractivity contribution in [3.8, 4) is 0 Å². The van der Waals surface area contributed by atoms with Crippen molar-refractivity contribution >= 4 is 22.6 Å². The average Bonchev–Trinajstić information content (AvgIpc) is 2.76. The van der Waals surface area contributed by atoms with Gasteiger partial charge in [-0.15, -0.1) is 0 Å². The minimum atomic E-state index is -0.930. The van der Waals surface area contributed by atoms with Crippen LogP contribution in [0.1, 0.15) is 42.6 Å². The van der Waals surface area contributed by atoms with Gasteiger partial charge in [0.2, 0.25) is 0 Å². The number of fused-ring (bicyclic) bond motifs is 2. The molecule has 0 aliphatic heterocycles. The third-order valence-corrected chi connectivity index (χ3v) is 5.45. The molecular formula is C23H23N3O4. The highest BCUT2D eigenvalue weighted by Gasteiger charge is 2.25. The topological polar surface area (TPSA) is 101 Å². The van der Waals surface area contributed by atoms with Crippen molar-refractivity contribution < 1.29 is 14.3 Å². The van der Waals surface area contributed by atoms with E-state index in [1.165, 1.54) is 5.56 Å². The Hall–Kier alpha value is -3.48. The smallest absolute Gasteiger partial charge is 0.312 e. The lowest BCUT2D eigenvalue weighted by atomic mass is 9.87. The Kier molecular flexibility index (Phi) is 5.61. The average molecular weight is 405 g/mol. The number of ether oxygens (including phenoxy) is 1. The molecule has 0 unspecified atom stereocenters. The third kappa shape index (κ3) is 4.10. The van der Waals surface area contributed by atoms with Crippen molar-refractivity contribution in [2.24, 2.45) is 0 Å². The van der Waals surface area contributed by atoms with Crippen LogP contribution in [-0.4, -0.2) is 28.2 Å². The molecule has 1 aliphatic carbocycles. The molecule has 3 aromatic rings. The highest BCUT2D eigenvalue weighted by atomic mass is 16.5. The summed E-state index contributed by atoms with van der Waals surface area (Å²) in [6, 6.07) is 14.9. The number of aryl methyl sites for hydroxylation is 1. The van der Waals surface area contributed by atoms with Crippen molar-refractivity contribution in [3.05, 3.63) is 75.7 Å². The minimum Gasteiger partial charge on any atom is -0.452 e. The summed E-state index contributed by atoms with van der Waals surface area (Å²) in [6.07, 6.45) is 1.80. The molecule has 1 aromatic heterocycles. The summed E-state index contributed by atoms with van der Waals surface area (Å²) in [5.41, 5.74) is 2.46. The van der Waals surface area contributed by atoms with Crippen LogP contribution < -0.4 is 10.9 Å². The van der Waals surface area contributed by atoms with Crippen LogP contribution in [-0.2, 0) is 27.2 Å². The predicted octanol–water partition coefficient (Wildman–Crippen LogP) is 2.59. The number of nitrogens with one attached hydrogen (secondary N) is 2. The van der Waals surface area contributed by atoms with Gasteiger partial charge < -0.3 is 10.1 Å². The number of hydrogen-bond donors (Lipinski definition) is 2. The molecule has 0 saturated carbocycles. The lowest BCUT2D eigenvalue weighted by Crippen LogP contribution is -2.39. The second kappa shape index (κ2) is 8.49. The molecule has 0 spiro atoms. The number of carbonyl (C=O) groups excluding carboxylic acids is 2. The van der Waals surface area contributed by atoms with Gasteiger partial charge in [0.25, 0.3) is 11.5 Å². The molecule has 154 valence electrons. The number of aromatic nitrogens is 2. The summed E-state index contributed by atoms with van der Waals surface area (Å²) in [5, 5.41) is 10.4. The van der Waals surface area contributed by atoms with Gasteiger partial charge >= 0.3 is 5.97 Å². The molecule has 4 rings (SSSR count). The van der Waals surface area contributed by atoms with Gasteiger partial charge in [-0.05, 0) is 43.4 Å². The van der Waals surface area contributed by atoms with Crippen LogP contribution >= 0.6 is 0 Å². The summed E-state index contributed by atoms with van der Waals surface area (Å²) in [6.45, 7) is 1.56. The Balaban J connectivity index is 1.40. The van der Waals surface area contributed by atoms with Crippen LogP contribution in [0.2, 0.25) is 0 Å². The summed E-state index contributed by atoms with van der Waals surface area (Å²) in [5.74, 6) is -0.907. The summed E-state index contributed by atoms with van der Waals surface area (Å²) >= 11 is 0. The minimum absolute atomic E-state index is 0.0755. The molecule has 2 atom stereocenters. The van der Waals surface area contributed by atoms with Gasteiger partial charge in [0, 0.05) is 5.39 Å². The van der Waals surface area contributed by atoms with Crippen LogP contribution in [0.15, 0.2) is 53.3 Å². The highest BCUT2D eigenvalue weighted by Crippen LogP contribution is 2.29. The Morgan fingerprint density at radius 2 is 1.90 bits per heavy atom. The number of aromatic amines is 1. The number of esters is 1. The van der Waals surface area contributed by atoms with E-state index in [4.69, 9.17) is 4.74 Å².